The van der Waals surface area contributed by atoms with E-state index < -0.39 is 0 Å². The molecule has 166 valence electrons. The minimum atomic E-state index is -0.372. The number of methoxy groups -OCH3 is 1. The summed E-state index contributed by atoms with van der Waals surface area (Å²) >= 11 is 0. The molecule has 4 nitrogen and oxygen atoms in total. The van der Waals surface area contributed by atoms with Crippen LogP contribution in [0.5, 0.6) is 0 Å². The molecular formula is C26H38O4. The SMILES string of the molecule is CO/C(CO)=C1/CC[C@H]2[C@@H]3CCC4=C(CCC5(C4)OCC(C)(C)CO5)C3=CC[C@]12C. The van der Waals surface area contributed by atoms with E-state index in [2.05, 4.69) is 26.8 Å². The van der Waals surface area contributed by atoms with Gasteiger partial charge in [-0.25, -0.2) is 0 Å². The van der Waals surface area contributed by atoms with E-state index >= 15 is 0 Å². The highest BCUT2D eigenvalue weighted by Gasteiger charge is 2.53. The Hall–Kier alpha value is -1.10. The summed E-state index contributed by atoms with van der Waals surface area (Å²) in [5, 5.41) is 9.80. The number of hydrogen-bond acceptors (Lipinski definition) is 4. The monoisotopic (exact) mass is 414 g/mol. The second-order valence-electron chi connectivity index (χ2n) is 11.2. The number of rotatable bonds is 2. The van der Waals surface area contributed by atoms with Crippen LogP contribution >= 0.6 is 0 Å². The first-order valence-electron chi connectivity index (χ1n) is 11.9. The van der Waals surface area contributed by atoms with Crippen molar-refractivity contribution < 1.29 is 19.3 Å². The molecule has 30 heavy (non-hydrogen) atoms. The summed E-state index contributed by atoms with van der Waals surface area (Å²) in [7, 11) is 1.70. The summed E-state index contributed by atoms with van der Waals surface area (Å²) < 4.78 is 18.2. The molecule has 5 aliphatic rings. The molecule has 3 atom stereocenters. The van der Waals surface area contributed by atoms with Crippen molar-refractivity contribution in [3.8, 4) is 0 Å². The van der Waals surface area contributed by atoms with Gasteiger partial charge in [0.05, 0.1) is 20.3 Å². The van der Waals surface area contributed by atoms with E-state index in [4.69, 9.17) is 14.2 Å². The van der Waals surface area contributed by atoms with E-state index in [1.165, 1.54) is 24.8 Å². The molecule has 1 saturated heterocycles. The summed E-state index contributed by atoms with van der Waals surface area (Å²) in [6.07, 6.45) is 11.3. The minimum Gasteiger partial charge on any atom is -0.499 e. The number of ether oxygens (including phenoxy) is 3. The maximum Gasteiger partial charge on any atom is 0.172 e. The van der Waals surface area contributed by atoms with Crippen molar-refractivity contribution in [1.29, 1.82) is 0 Å². The molecule has 0 bridgehead atoms. The van der Waals surface area contributed by atoms with Crippen LogP contribution in [0.3, 0.4) is 0 Å². The van der Waals surface area contributed by atoms with Gasteiger partial charge in [-0.2, -0.15) is 0 Å². The average molecular weight is 415 g/mol. The van der Waals surface area contributed by atoms with Gasteiger partial charge in [-0.15, -0.1) is 0 Å². The fourth-order valence-corrected chi connectivity index (χ4v) is 7.10. The molecule has 5 rings (SSSR count). The molecular weight excluding hydrogens is 376 g/mol. The van der Waals surface area contributed by atoms with Gasteiger partial charge < -0.3 is 19.3 Å². The van der Waals surface area contributed by atoms with Crippen LogP contribution in [0.15, 0.2) is 34.1 Å². The van der Waals surface area contributed by atoms with Crippen LogP contribution in [-0.4, -0.2) is 37.8 Å². The number of aliphatic hydroxyl groups is 1. The van der Waals surface area contributed by atoms with Gasteiger partial charge in [-0.05, 0) is 72.5 Å². The molecule has 1 saturated carbocycles. The van der Waals surface area contributed by atoms with Crippen molar-refractivity contribution in [3.63, 3.8) is 0 Å². The summed E-state index contributed by atoms with van der Waals surface area (Å²) in [4.78, 5) is 0. The van der Waals surface area contributed by atoms with E-state index in [1.54, 1.807) is 23.8 Å². The van der Waals surface area contributed by atoms with Crippen molar-refractivity contribution in [2.24, 2.45) is 22.7 Å². The van der Waals surface area contributed by atoms with Crippen molar-refractivity contribution in [2.75, 3.05) is 26.9 Å². The lowest BCUT2D eigenvalue weighted by Gasteiger charge is -2.50. The van der Waals surface area contributed by atoms with Crippen molar-refractivity contribution in [1.82, 2.24) is 0 Å². The maximum absolute atomic E-state index is 9.80. The predicted molar refractivity (Wildman–Crippen MR) is 117 cm³/mol. The molecule has 4 heteroatoms. The molecule has 0 aromatic heterocycles. The molecule has 1 aliphatic heterocycles. The third-order valence-electron chi connectivity index (χ3n) is 8.79. The van der Waals surface area contributed by atoms with Crippen LogP contribution in [-0.2, 0) is 14.2 Å². The van der Waals surface area contributed by atoms with Gasteiger partial charge in [-0.1, -0.05) is 32.4 Å². The quantitative estimate of drug-likeness (QED) is 0.624. The highest BCUT2D eigenvalue weighted by atomic mass is 16.7. The van der Waals surface area contributed by atoms with E-state index in [0.29, 0.717) is 11.8 Å². The standard InChI is InChI=1S/C26H38O4/c1-24(2)15-29-26(30-16-24)12-10-18-17(13-26)5-6-20-19(18)9-11-25(3)21(20)7-8-22(25)23(14-27)28-4/h9,20-21,27H,5-8,10-16H2,1-4H3/b23-22-/t20-,21+,25+/m1/s1. The van der Waals surface area contributed by atoms with Gasteiger partial charge in [-0.3, -0.25) is 0 Å². The molecule has 2 fully saturated rings. The Balaban J connectivity index is 1.42. The van der Waals surface area contributed by atoms with Gasteiger partial charge in [0.2, 0.25) is 0 Å². The first-order valence-corrected chi connectivity index (χ1v) is 11.9. The third kappa shape index (κ3) is 3.13. The second kappa shape index (κ2) is 7.21. The molecule has 0 aromatic carbocycles. The molecule has 0 radical (unpaired) electrons. The zero-order valence-corrected chi connectivity index (χ0v) is 19.2. The van der Waals surface area contributed by atoms with Crippen molar-refractivity contribution >= 4 is 0 Å². The Morgan fingerprint density at radius 2 is 1.90 bits per heavy atom. The van der Waals surface area contributed by atoms with Gasteiger partial charge in [0.25, 0.3) is 0 Å². The normalized spacial score (nSPS) is 38.5. The highest BCUT2D eigenvalue weighted by Crippen LogP contribution is 2.62. The minimum absolute atomic E-state index is 0.0174. The molecule has 4 aliphatic carbocycles. The number of fused-ring (bicyclic) bond motifs is 4. The van der Waals surface area contributed by atoms with E-state index in [9.17, 15) is 5.11 Å². The van der Waals surface area contributed by atoms with E-state index in [0.717, 1.165) is 51.1 Å². The first-order chi connectivity index (χ1) is 14.3. The number of allylic oxidation sites excluding steroid dienone is 4. The Labute approximate surface area is 181 Å². The highest BCUT2D eigenvalue weighted by molar-refractivity contribution is 5.46. The van der Waals surface area contributed by atoms with Gasteiger partial charge >= 0.3 is 0 Å². The summed E-state index contributed by atoms with van der Waals surface area (Å²) in [6.45, 7) is 8.46. The summed E-state index contributed by atoms with van der Waals surface area (Å²) in [5.41, 5.74) is 6.47. The van der Waals surface area contributed by atoms with Crippen LogP contribution in [0.25, 0.3) is 0 Å². The average Bonchev–Trinajstić information content (AvgIpc) is 3.09. The van der Waals surface area contributed by atoms with Crippen LogP contribution in [0.1, 0.15) is 72.1 Å². The van der Waals surface area contributed by atoms with Crippen LogP contribution in [0, 0.1) is 22.7 Å². The summed E-state index contributed by atoms with van der Waals surface area (Å²) in [5.74, 6) is 1.75. The van der Waals surface area contributed by atoms with Crippen molar-refractivity contribution in [3.05, 3.63) is 34.1 Å². The van der Waals surface area contributed by atoms with Gasteiger partial charge in [0.15, 0.2) is 5.79 Å². The predicted octanol–water partition coefficient (Wildman–Crippen LogP) is 5.29. The second-order valence-corrected chi connectivity index (χ2v) is 11.2. The zero-order valence-electron chi connectivity index (χ0n) is 19.2. The topological polar surface area (TPSA) is 47.9 Å². The van der Waals surface area contributed by atoms with Crippen LogP contribution < -0.4 is 0 Å². The molecule has 1 heterocycles. The van der Waals surface area contributed by atoms with Crippen molar-refractivity contribution in [2.45, 2.75) is 77.9 Å². The third-order valence-corrected chi connectivity index (χ3v) is 8.79. The number of aliphatic hydroxyl groups excluding tert-OH is 1. The molecule has 0 aromatic rings. The molecule has 0 unspecified atom stereocenters. The lowest BCUT2D eigenvalue weighted by molar-refractivity contribution is -0.302. The Morgan fingerprint density at radius 3 is 2.60 bits per heavy atom. The Bertz CT molecular complexity index is 801. The molecule has 0 amide bonds. The first kappa shape index (κ1) is 20.8. The van der Waals surface area contributed by atoms with E-state index in [-0.39, 0.29) is 23.2 Å². The smallest absolute Gasteiger partial charge is 0.172 e. The van der Waals surface area contributed by atoms with Gasteiger partial charge in [0.1, 0.15) is 12.4 Å². The Morgan fingerprint density at radius 1 is 1.13 bits per heavy atom. The lowest BCUT2D eigenvalue weighted by atomic mass is 9.58. The fraction of sp³-hybridized carbons (Fsp3) is 0.769. The van der Waals surface area contributed by atoms with Crippen LogP contribution in [0.2, 0.25) is 0 Å². The molecule has 1 spiro atoms. The lowest BCUT2D eigenvalue weighted by Crippen LogP contribution is -2.49. The number of hydrogen-bond donors (Lipinski definition) is 1. The van der Waals surface area contributed by atoms with Crippen LogP contribution in [0.4, 0.5) is 0 Å². The van der Waals surface area contributed by atoms with Gasteiger partial charge in [0, 0.05) is 18.3 Å². The molecule has 1 N–H and O–H groups in total. The summed E-state index contributed by atoms with van der Waals surface area (Å²) in [6, 6.07) is 0. The fourth-order valence-electron chi connectivity index (χ4n) is 7.10. The maximum atomic E-state index is 9.80. The zero-order chi connectivity index (χ0) is 21.1. The Kier molecular flexibility index (Phi) is 5.00. The largest absolute Gasteiger partial charge is 0.499 e. The van der Waals surface area contributed by atoms with E-state index in [1.807, 2.05) is 0 Å².